The second-order valence-electron chi connectivity index (χ2n) is 7.29. The second kappa shape index (κ2) is 16.1. The molecule has 0 unspecified atom stereocenters. The summed E-state index contributed by atoms with van der Waals surface area (Å²) >= 11 is 0. The number of unbranched alkanes of at least 4 members (excludes halogenated alkanes) is 11. The lowest BCUT2D eigenvalue weighted by Crippen LogP contribution is -2.14. The van der Waals surface area contributed by atoms with Crippen LogP contribution in [0.5, 0.6) is 0 Å². The molecule has 0 aliphatic carbocycles. The minimum absolute atomic E-state index is 0.268. The number of esters is 2. The van der Waals surface area contributed by atoms with Gasteiger partial charge in [0, 0.05) is 0 Å². The van der Waals surface area contributed by atoms with Crippen molar-refractivity contribution in [2.24, 2.45) is 0 Å². The van der Waals surface area contributed by atoms with Crippen molar-refractivity contribution in [3.63, 3.8) is 0 Å². The Morgan fingerprint density at radius 2 is 1.07 bits per heavy atom. The maximum Gasteiger partial charge on any atom is 0.339 e. The Balaban J connectivity index is 2.09. The van der Waals surface area contributed by atoms with Gasteiger partial charge in [0.15, 0.2) is 0 Å². The Morgan fingerprint density at radius 1 is 0.643 bits per heavy atom. The zero-order chi connectivity index (χ0) is 20.5. The molecule has 0 bridgehead atoms. The van der Waals surface area contributed by atoms with Crippen molar-refractivity contribution in [2.75, 3.05) is 13.2 Å². The normalized spacial score (nSPS) is 10.6. The average Bonchev–Trinajstić information content (AvgIpc) is 2.71. The van der Waals surface area contributed by atoms with Crippen LogP contribution in [0, 0.1) is 0 Å². The molecule has 0 radical (unpaired) electrons. The van der Waals surface area contributed by atoms with E-state index in [9.17, 15) is 9.59 Å². The van der Waals surface area contributed by atoms with Crippen LogP contribution in [0.4, 0.5) is 0 Å². The Bertz CT molecular complexity index is 553. The van der Waals surface area contributed by atoms with Crippen LogP contribution < -0.4 is 0 Å². The molecule has 0 aliphatic heterocycles. The van der Waals surface area contributed by atoms with Crippen molar-refractivity contribution < 1.29 is 19.1 Å². The van der Waals surface area contributed by atoms with Gasteiger partial charge in [0.05, 0.1) is 24.3 Å². The minimum atomic E-state index is -0.486. The number of benzene rings is 1. The number of hydrogen-bond acceptors (Lipinski definition) is 4. The van der Waals surface area contributed by atoms with Gasteiger partial charge in [-0.3, -0.25) is 0 Å². The number of ether oxygens (including phenoxy) is 2. The third-order valence-electron chi connectivity index (χ3n) is 4.87. The summed E-state index contributed by atoms with van der Waals surface area (Å²) in [6.07, 6.45) is 15.2. The van der Waals surface area contributed by atoms with Gasteiger partial charge in [0.1, 0.15) is 0 Å². The topological polar surface area (TPSA) is 52.6 Å². The molecule has 0 atom stereocenters. The van der Waals surface area contributed by atoms with Gasteiger partial charge in [-0.05, 0) is 25.5 Å². The average molecular weight is 391 g/mol. The van der Waals surface area contributed by atoms with E-state index < -0.39 is 11.9 Å². The minimum Gasteiger partial charge on any atom is -0.462 e. The van der Waals surface area contributed by atoms with E-state index in [1.54, 1.807) is 31.2 Å². The highest BCUT2D eigenvalue weighted by molar-refractivity contribution is 6.03. The maximum absolute atomic E-state index is 12.2. The monoisotopic (exact) mass is 390 g/mol. The molecule has 1 aromatic carbocycles. The van der Waals surface area contributed by atoms with Crippen molar-refractivity contribution in [2.45, 2.75) is 90.9 Å². The first-order valence-corrected chi connectivity index (χ1v) is 11.1. The van der Waals surface area contributed by atoms with Crippen molar-refractivity contribution in [1.29, 1.82) is 0 Å². The van der Waals surface area contributed by atoms with E-state index in [0.29, 0.717) is 6.61 Å². The fraction of sp³-hybridized carbons (Fsp3) is 0.667. The van der Waals surface area contributed by atoms with Gasteiger partial charge >= 0.3 is 11.9 Å². The van der Waals surface area contributed by atoms with Crippen LogP contribution >= 0.6 is 0 Å². The number of carbonyl (C=O) groups excluding carboxylic acids is 2. The summed E-state index contributed by atoms with van der Waals surface area (Å²) in [5.74, 6) is -0.938. The van der Waals surface area contributed by atoms with E-state index in [1.807, 2.05) is 0 Å². The smallest absolute Gasteiger partial charge is 0.339 e. The predicted octanol–water partition coefficient (Wildman–Crippen LogP) is 6.72. The molecule has 0 aromatic heterocycles. The van der Waals surface area contributed by atoms with Crippen LogP contribution in [-0.4, -0.2) is 25.2 Å². The molecule has 0 N–H and O–H groups in total. The van der Waals surface area contributed by atoms with Crippen molar-refractivity contribution >= 4 is 11.9 Å². The van der Waals surface area contributed by atoms with Crippen LogP contribution in [0.25, 0.3) is 0 Å². The molecule has 0 fully saturated rings. The second-order valence-corrected chi connectivity index (χ2v) is 7.29. The summed E-state index contributed by atoms with van der Waals surface area (Å²) in [4.78, 5) is 24.2. The lowest BCUT2D eigenvalue weighted by atomic mass is 10.1. The number of carbonyl (C=O) groups is 2. The molecule has 0 heterocycles. The maximum atomic E-state index is 12.2. The van der Waals surface area contributed by atoms with E-state index in [-0.39, 0.29) is 17.7 Å². The fourth-order valence-corrected chi connectivity index (χ4v) is 3.23. The first-order valence-electron chi connectivity index (χ1n) is 11.1. The van der Waals surface area contributed by atoms with Crippen molar-refractivity contribution in [1.82, 2.24) is 0 Å². The van der Waals surface area contributed by atoms with E-state index in [4.69, 9.17) is 9.47 Å². The summed E-state index contributed by atoms with van der Waals surface area (Å²) < 4.78 is 10.3. The molecule has 0 spiro atoms. The summed E-state index contributed by atoms with van der Waals surface area (Å²) in [6.45, 7) is 4.67. The van der Waals surface area contributed by atoms with Gasteiger partial charge in [-0.25, -0.2) is 9.59 Å². The highest BCUT2D eigenvalue weighted by Gasteiger charge is 2.18. The highest BCUT2D eigenvalue weighted by atomic mass is 16.5. The first-order chi connectivity index (χ1) is 13.7. The summed E-state index contributed by atoms with van der Waals surface area (Å²) in [5.41, 5.74) is 0.545. The number of hydrogen-bond donors (Lipinski definition) is 0. The van der Waals surface area contributed by atoms with Gasteiger partial charge < -0.3 is 9.47 Å². The summed E-state index contributed by atoms with van der Waals surface area (Å²) in [7, 11) is 0. The lowest BCUT2D eigenvalue weighted by molar-refractivity contribution is 0.0462. The van der Waals surface area contributed by atoms with Crippen LogP contribution in [0.3, 0.4) is 0 Å². The molecule has 1 rings (SSSR count). The predicted molar refractivity (Wildman–Crippen MR) is 114 cm³/mol. The van der Waals surface area contributed by atoms with E-state index >= 15 is 0 Å². The van der Waals surface area contributed by atoms with E-state index in [0.717, 1.165) is 12.8 Å². The Morgan fingerprint density at radius 3 is 1.54 bits per heavy atom. The van der Waals surface area contributed by atoms with E-state index in [2.05, 4.69) is 6.92 Å². The van der Waals surface area contributed by atoms with Gasteiger partial charge in [0.2, 0.25) is 0 Å². The van der Waals surface area contributed by atoms with Crippen molar-refractivity contribution in [3.05, 3.63) is 35.4 Å². The standard InChI is InChI=1S/C24H38O4/c1-3-5-6-7-8-9-10-11-12-13-14-17-20-28-24(26)22-19-16-15-18-21(22)23(25)27-4-2/h15-16,18-19H,3-14,17,20H2,1-2H3. The lowest BCUT2D eigenvalue weighted by Gasteiger charge is -2.09. The summed E-state index contributed by atoms with van der Waals surface area (Å²) in [6, 6.07) is 6.65. The molecule has 0 saturated carbocycles. The van der Waals surface area contributed by atoms with Gasteiger partial charge in [-0.1, -0.05) is 89.7 Å². The quantitative estimate of drug-likeness (QED) is 0.232. The van der Waals surface area contributed by atoms with Gasteiger partial charge in [-0.15, -0.1) is 0 Å². The summed E-state index contributed by atoms with van der Waals surface area (Å²) in [5, 5.41) is 0. The van der Waals surface area contributed by atoms with Gasteiger partial charge in [0.25, 0.3) is 0 Å². The Hall–Kier alpha value is -1.84. The number of rotatable bonds is 16. The molecule has 4 heteroatoms. The first kappa shape index (κ1) is 24.2. The van der Waals surface area contributed by atoms with Gasteiger partial charge in [-0.2, -0.15) is 0 Å². The molecular weight excluding hydrogens is 352 g/mol. The van der Waals surface area contributed by atoms with Crippen LogP contribution in [0.15, 0.2) is 24.3 Å². The third kappa shape index (κ3) is 10.5. The molecule has 28 heavy (non-hydrogen) atoms. The molecule has 0 amide bonds. The fourth-order valence-electron chi connectivity index (χ4n) is 3.23. The molecule has 4 nitrogen and oxygen atoms in total. The zero-order valence-corrected chi connectivity index (χ0v) is 17.8. The largest absolute Gasteiger partial charge is 0.462 e. The van der Waals surface area contributed by atoms with Crippen LogP contribution in [0.2, 0.25) is 0 Å². The Kier molecular flexibility index (Phi) is 14.0. The van der Waals surface area contributed by atoms with Crippen LogP contribution in [0.1, 0.15) is 112 Å². The zero-order valence-electron chi connectivity index (χ0n) is 17.8. The van der Waals surface area contributed by atoms with Crippen LogP contribution in [-0.2, 0) is 9.47 Å². The molecule has 0 saturated heterocycles. The molecule has 1 aromatic rings. The highest BCUT2D eigenvalue weighted by Crippen LogP contribution is 2.14. The van der Waals surface area contributed by atoms with E-state index in [1.165, 1.54) is 64.2 Å². The SMILES string of the molecule is CCCCCCCCCCCCCCOC(=O)c1ccccc1C(=O)OCC. The molecule has 0 aliphatic rings. The molecule has 158 valence electrons. The Labute approximate surface area is 171 Å². The molecular formula is C24H38O4. The third-order valence-corrected chi connectivity index (χ3v) is 4.87. The van der Waals surface area contributed by atoms with Crippen molar-refractivity contribution in [3.8, 4) is 0 Å².